The quantitative estimate of drug-likeness (QED) is 0.528. The number of carbonyl (C=O) groups excluding carboxylic acids is 1. The maximum Gasteiger partial charge on any atom is 0.416 e. The molecular weight excluding hydrogens is 428 g/mol. The third-order valence-corrected chi connectivity index (χ3v) is 4.21. The fraction of sp³-hybridized carbons (Fsp3) is 0.353. The molecule has 2 heterocycles. The van der Waals surface area contributed by atoms with Crippen LogP contribution in [0.25, 0.3) is 17.6 Å². The molecule has 0 saturated carbocycles. The fourth-order valence-corrected chi connectivity index (χ4v) is 2.73. The van der Waals surface area contributed by atoms with Gasteiger partial charge in [0.2, 0.25) is 5.91 Å². The number of nitrogens with zero attached hydrogens (tertiary/aromatic N) is 4. The van der Waals surface area contributed by atoms with E-state index in [-0.39, 0.29) is 12.6 Å². The van der Waals surface area contributed by atoms with E-state index in [0.717, 1.165) is 28.2 Å². The molecule has 0 N–H and O–H groups in total. The zero-order valence-corrected chi connectivity index (χ0v) is 14.8. The number of alkyl halides is 8. The van der Waals surface area contributed by atoms with Crippen molar-refractivity contribution in [2.24, 2.45) is 0 Å². The molecule has 1 amide bonds. The Morgan fingerprint density at radius 3 is 2.13 bits per heavy atom. The standard InChI is InChI=1S/C17H12F8N4O/c18-15(19)2-4-28(8-15)13(30)1-3-29-9-26-14(27-29)10-5-11(16(20,21)22)7-12(6-10)17(23,24)25/h1,3,5-7,9H,2,4,8H2. The van der Waals surface area contributed by atoms with Crippen LogP contribution in [0.2, 0.25) is 0 Å². The Hall–Kier alpha value is -2.99. The lowest BCUT2D eigenvalue weighted by molar-refractivity contribution is -0.143. The van der Waals surface area contributed by atoms with E-state index in [1.54, 1.807) is 0 Å². The van der Waals surface area contributed by atoms with Gasteiger partial charge in [-0.3, -0.25) is 4.79 Å². The van der Waals surface area contributed by atoms with Gasteiger partial charge in [0, 0.05) is 30.8 Å². The summed E-state index contributed by atoms with van der Waals surface area (Å²) in [6.07, 6.45) is -7.67. The van der Waals surface area contributed by atoms with Gasteiger partial charge in [-0.25, -0.2) is 18.4 Å². The molecule has 5 nitrogen and oxygen atoms in total. The number of hydrogen-bond acceptors (Lipinski definition) is 3. The summed E-state index contributed by atoms with van der Waals surface area (Å²) in [5.41, 5.74) is -3.58. The van der Waals surface area contributed by atoms with E-state index in [4.69, 9.17) is 0 Å². The molecule has 0 aliphatic carbocycles. The topological polar surface area (TPSA) is 51.0 Å². The molecule has 162 valence electrons. The molecule has 1 fully saturated rings. The van der Waals surface area contributed by atoms with Crippen LogP contribution in [0.4, 0.5) is 35.1 Å². The Bertz CT molecular complexity index is 945. The van der Waals surface area contributed by atoms with Gasteiger partial charge in [0.1, 0.15) is 6.33 Å². The number of hydrogen-bond donors (Lipinski definition) is 0. The molecule has 0 atom stereocenters. The van der Waals surface area contributed by atoms with Crippen LogP contribution in [-0.4, -0.2) is 44.6 Å². The number of aromatic nitrogens is 3. The van der Waals surface area contributed by atoms with Crippen LogP contribution in [-0.2, 0) is 17.1 Å². The van der Waals surface area contributed by atoms with E-state index in [9.17, 15) is 39.9 Å². The van der Waals surface area contributed by atoms with Gasteiger partial charge in [0.05, 0.1) is 17.7 Å². The fourth-order valence-electron chi connectivity index (χ4n) is 2.73. The van der Waals surface area contributed by atoms with E-state index in [2.05, 4.69) is 10.1 Å². The number of likely N-dealkylation sites (tertiary alicyclic amines) is 1. The van der Waals surface area contributed by atoms with Gasteiger partial charge in [-0.15, -0.1) is 5.10 Å². The van der Waals surface area contributed by atoms with Crippen molar-refractivity contribution in [2.75, 3.05) is 13.1 Å². The predicted molar refractivity (Wildman–Crippen MR) is 86.9 cm³/mol. The predicted octanol–water partition coefficient (Wildman–Crippen LogP) is 4.32. The summed E-state index contributed by atoms with van der Waals surface area (Å²) in [5.74, 6) is -4.18. The zero-order valence-electron chi connectivity index (χ0n) is 14.8. The number of halogens is 8. The first-order chi connectivity index (χ1) is 13.7. The summed E-state index contributed by atoms with van der Waals surface area (Å²) in [6.45, 7) is -0.896. The number of rotatable bonds is 3. The summed E-state index contributed by atoms with van der Waals surface area (Å²) < 4.78 is 105. The molecule has 0 radical (unpaired) electrons. The van der Waals surface area contributed by atoms with Crippen molar-refractivity contribution >= 4 is 12.1 Å². The van der Waals surface area contributed by atoms with Gasteiger partial charge in [0.25, 0.3) is 5.92 Å². The lowest BCUT2D eigenvalue weighted by Crippen LogP contribution is -2.29. The summed E-state index contributed by atoms with van der Waals surface area (Å²) in [6, 6.07) is 0.914. The smallest absolute Gasteiger partial charge is 0.333 e. The van der Waals surface area contributed by atoms with Gasteiger partial charge in [-0.1, -0.05) is 0 Å². The largest absolute Gasteiger partial charge is 0.416 e. The van der Waals surface area contributed by atoms with Gasteiger partial charge in [0.15, 0.2) is 5.82 Å². The van der Waals surface area contributed by atoms with Gasteiger partial charge >= 0.3 is 12.4 Å². The molecule has 1 aromatic carbocycles. The second kappa shape index (κ2) is 7.36. The average Bonchev–Trinajstić information content (AvgIpc) is 3.24. The maximum atomic E-state index is 13.1. The van der Waals surface area contributed by atoms with E-state index in [1.165, 1.54) is 0 Å². The minimum atomic E-state index is -5.03. The van der Waals surface area contributed by atoms with E-state index >= 15 is 0 Å². The Kier molecular flexibility index (Phi) is 5.33. The van der Waals surface area contributed by atoms with Crippen molar-refractivity contribution in [1.29, 1.82) is 0 Å². The van der Waals surface area contributed by atoms with E-state index in [1.807, 2.05) is 0 Å². The van der Waals surface area contributed by atoms with E-state index in [0.29, 0.717) is 12.1 Å². The molecule has 0 bridgehead atoms. The van der Waals surface area contributed by atoms with Crippen LogP contribution < -0.4 is 0 Å². The molecule has 1 saturated heterocycles. The number of carbonyl (C=O) groups is 1. The van der Waals surface area contributed by atoms with Crippen LogP contribution in [0.15, 0.2) is 30.6 Å². The Balaban J connectivity index is 1.84. The summed E-state index contributed by atoms with van der Waals surface area (Å²) in [5, 5.41) is 3.72. The Morgan fingerprint density at radius 1 is 1.03 bits per heavy atom. The molecular formula is C17H12F8N4O. The first kappa shape index (κ1) is 21.7. The molecule has 1 aliphatic rings. The zero-order chi connectivity index (χ0) is 22.3. The average molecular weight is 440 g/mol. The second-order valence-corrected chi connectivity index (χ2v) is 6.52. The minimum absolute atomic E-state index is 0.0229. The summed E-state index contributed by atoms with van der Waals surface area (Å²) in [7, 11) is 0. The van der Waals surface area contributed by atoms with Crippen molar-refractivity contribution in [2.45, 2.75) is 24.7 Å². The lowest BCUT2D eigenvalue weighted by Gasteiger charge is -2.13. The highest BCUT2D eigenvalue weighted by Crippen LogP contribution is 2.38. The Labute approximate surface area is 163 Å². The van der Waals surface area contributed by atoms with Gasteiger partial charge in [-0.2, -0.15) is 26.3 Å². The highest BCUT2D eigenvalue weighted by Gasteiger charge is 2.40. The molecule has 30 heavy (non-hydrogen) atoms. The molecule has 0 spiro atoms. The molecule has 2 aromatic rings. The Morgan fingerprint density at radius 2 is 1.63 bits per heavy atom. The second-order valence-electron chi connectivity index (χ2n) is 6.52. The SMILES string of the molecule is O=C(C=Cn1cnc(-c2cc(C(F)(F)F)cc(C(F)(F)F)c2)n1)N1CCC(F)(F)C1. The van der Waals surface area contributed by atoms with Crippen LogP contribution in [0.3, 0.4) is 0 Å². The van der Waals surface area contributed by atoms with Crippen LogP contribution >= 0.6 is 0 Å². The van der Waals surface area contributed by atoms with Crippen LogP contribution in [0.5, 0.6) is 0 Å². The summed E-state index contributed by atoms with van der Waals surface area (Å²) in [4.78, 5) is 16.4. The normalized spacial score (nSPS) is 17.1. The minimum Gasteiger partial charge on any atom is -0.333 e. The number of benzene rings is 1. The third-order valence-electron chi connectivity index (χ3n) is 4.21. The number of amides is 1. The lowest BCUT2D eigenvalue weighted by atomic mass is 10.0. The van der Waals surface area contributed by atoms with Crippen molar-refractivity contribution in [1.82, 2.24) is 19.7 Å². The molecule has 0 unspecified atom stereocenters. The third kappa shape index (κ3) is 4.94. The highest BCUT2D eigenvalue weighted by molar-refractivity contribution is 5.90. The first-order valence-electron chi connectivity index (χ1n) is 8.31. The van der Waals surface area contributed by atoms with Gasteiger partial charge in [-0.05, 0) is 18.2 Å². The van der Waals surface area contributed by atoms with Gasteiger partial charge < -0.3 is 4.90 Å². The first-order valence-corrected chi connectivity index (χ1v) is 8.31. The monoisotopic (exact) mass is 440 g/mol. The molecule has 1 aromatic heterocycles. The highest BCUT2D eigenvalue weighted by atomic mass is 19.4. The van der Waals surface area contributed by atoms with Crippen LogP contribution in [0, 0.1) is 0 Å². The van der Waals surface area contributed by atoms with Crippen LogP contribution in [0.1, 0.15) is 17.5 Å². The van der Waals surface area contributed by atoms with Crippen molar-refractivity contribution < 1.29 is 39.9 Å². The molecule has 1 aliphatic heterocycles. The van der Waals surface area contributed by atoms with Crippen molar-refractivity contribution in [3.8, 4) is 11.4 Å². The summed E-state index contributed by atoms with van der Waals surface area (Å²) >= 11 is 0. The molecule has 3 rings (SSSR count). The van der Waals surface area contributed by atoms with Crippen molar-refractivity contribution in [3.63, 3.8) is 0 Å². The molecule has 13 heteroatoms. The van der Waals surface area contributed by atoms with E-state index < -0.39 is 59.7 Å². The van der Waals surface area contributed by atoms with Crippen molar-refractivity contribution in [3.05, 3.63) is 41.7 Å². The maximum absolute atomic E-state index is 13.1.